The number of anilines is 1. The standard InChI is InChI=1S/C14H22N2O3S/c1-5-13(9(2)3)16-14(17)10-6-11(15)8-12(7-10)20(4,18)19/h6-9,13H,5,15H2,1-4H3,(H,16,17). The summed E-state index contributed by atoms with van der Waals surface area (Å²) in [6.07, 6.45) is 1.90. The fourth-order valence-corrected chi connectivity index (χ4v) is 2.65. The highest BCUT2D eigenvalue weighted by atomic mass is 32.2. The van der Waals surface area contributed by atoms with Crippen LogP contribution in [0.15, 0.2) is 23.1 Å². The van der Waals surface area contributed by atoms with Crippen molar-refractivity contribution in [3.05, 3.63) is 23.8 Å². The molecule has 0 radical (unpaired) electrons. The highest BCUT2D eigenvalue weighted by Crippen LogP contribution is 2.17. The zero-order chi connectivity index (χ0) is 15.5. The van der Waals surface area contributed by atoms with Gasteiger partial charge in [-0.2, -0.15) is 0 Å². The first-order chi connectivity index (χ1) is 9.15. The number of carbonyl (C=O) groups excluding carboxylic acids is 1. The number of hydrogen-bond donors (Lipinski definition) is 2. The summed E-state index contributed by atoms with van der Waals surface area (Å²) in [6, 6.07) is 4.24. The molecule has 0 saturated carbocycles. The predicted molar refractivity (Wildman–Crippen MR) is 80.3 cm³/mol. The van der Waals surface area contributed by atoms with Gasteiger partial charge in [0, 0.05) is 23.5 Å². The molecule has 1 atom stereocenters. The van der Waals surface area contributed by atoms with E-state index in [-0.39, 0.29) is 28.1 Å². The maximum Gasteiger partial charge on any atom is 0.251 e. The van der Waals surface area contributed by atoms with E-state index in [0.29, 0.717) is 5.92 Å². The van der Waals surface area contributed by atoms with Gasteiger partial charge in [-0.25, -0.2) is 8.42 Å². The third-order valence-electron chi connectivity index (χ3n) is 3.18. The number of nitrogens with one attached hydrogen (secondary N) is 1. The van der Waals surface area contributed by atoms with E-state index < -0.39 is 9.84 Å². The monoisotopic (exact) mass is 298 g/mol. The first-order valence-electron chi connectivity index (χ1n) is 6.56. The van der Waals surface area contributed by atoms with Gasteiger partial charge in [-0.3, -0.25) is 4.79 Å². The number of hydrogen-bond acceptors (Lipinski definition) is 4. The first kappa shape index (κ1) is 16.5. The summed E-state index contributed by atoms with van der Waals surface area (Å²) in [5, 5.41) is 2.90. The minimum atomic E-state index is -3.39. The normalized spacial score (nSPS) is 13.2. The molecule has 1 unspecified atom stereocenters. The van der Waals surface area contributed by atoms with Crippen molar-refractivity contribution in [3.8, 4) is 0 Å². The van der Waals surface area contributed by atoms with Gasteiger partial charge in [0.25, 0.3) is 5.91 Å². The Balaban J connectivity index is 3.08. The quantitative estimate of drug-likeness (QED) is 0.812. The molecule has 1 aromatic carbocycles. The SMILES string of the molecule is CCC(NC(=O)c1cc(N)cc(S(C)(=O)=O)c1)C(C)C. The van der Waals surface area contributed by atoms with E-state index in [1.165, 1.54) is 18.2 Å². The maximum atomic E-state index is 12.2. The number of benzene rings is 1. The molecule has 0 aliphatic rings. The second-order valence-corrected chi connectivity index (χ2v) is 7.31. The lowest BCUT2D eigenvalue weighted by Gasteiger charge is -2.21. The highest BCUT2D eigenvalue weighted by Gasteiger charge is 2.17. The summed E-state index contributed by atoms with van der Waals surface area (Å²) in [6.45, 7) is 6.04. The molecule has 1 aromatic rings. The average molecular weight is 298 g/mol. The van der Waals surface area contributed by atoms with Crippen LogP contribution in [0, 0.1) is 5.92 Å². The molecule has 0 fully saturated rings. The molecule has 0 bridgehead atoms. The number of carbonyl (C=O) groups is 1. The van der Waals surface area contributed by atoms with Crippen molar-refractivity contribution >= 4 is 21.4 Å². The molecule has 0 spiro atoms. The molecule has 1 amide bonds. The maximum absolute atomic E-state index is 12.2. The third-order valence-corrected chi connectivity index (χ3v) is 4.27. The Bertz CT molecular complexity index is 594. The van der Waals surface area contributed by atoms with Crippen LogP contribution in [0.5, 0.6) is 0 Å². The fraction of sp³-hybridized carbons (Fsp3) is 0.500. The van der Waals surface area contributed by atoms with Crippen molar-refractivity contribution in [1.82, 2.24) is 5.32 Å². The van der Waals surface area contributed by atoms with E-state index >= 15 is 0 Å². The lowest BCUT2D eigenvalue weighted by molar-refractivity contribution is 0.0924. The van der Waals surface area contributed by atoms with Crippen molar-refractivity contribution in [1.29, 1.82) is 0 Å². The second-order valence-electron chi connectivity index (χ2n) is 5.30. The molecule has 6 heteroatoms. The van der Waals surface area contributed by atoms with Crippen LogP contribution in [-0.2, 0) is 9.84 Å². The Morgan fingerprint density at radius 3 is 2.35 bits per heavy atom. The highest BCUT2D eigenvalue weighted by molar-refractivity contribution is 7.90. The molecule has 0 aromatic heterocycles. The number of nitrogens with two attached hydrogens (primary N) is 1. The van der Waals surface area contributed by atoms with Crippen LogP contribution in [0.4, 0.5) is 5.69 Å². The van der Waals surface area contributed by atoms with Gasteiger partial charge >= 0.3 is 0 Å². The summed E-state index contributed by atoms with van der Waals surface area (Å²) >= 11 is 0. The van der Waals surface area contributed by atoms with Crippen molar-refractivity contribution in [3.63, 3.8) is 0 Å². The van der Waals surface area contributed by atoms with E-state index in [2.05, 4.69) is 5.32 Å². The number of rotatable bonds is 5. The summed E-state index contributed by atoms with van der Waals surface area (Å²) in [5.41, 5.74) is 6.20. The van der Waals surface area contributed by atoms with Gasteiger partial charge in [-0.05, 0) is 30.5 Å². The molecule has 0 aliphatic carbocycles. The number of amides is 1. The molecule has 0 saturated heterocycles. The van der Waals surface area contributed by atoms with Crippen LogP contribution in [0.2, 0.25) is 0 Å². The van der Waals surface area contributed by atoms with E-state index in [1.54, 1.807) is 0 Å². The smallest absolute Gasteiger partial charge is 0.251 e. The van der Waals surface area contributed by atoms with Crippen LogP contribution in [0.25, 0.3) is 0 Å². The summed E-state index contributed by atoms with van der Waals surface area (Å²) in [4.78, 5) is 12.2. The first-order valence-corrected chi connectivity index (χ1v) is 8.45. The largest absolute Gasteiger partial charge is 0.399 e. The van der Waals surface area contributed by atoms with Gasteiger partial charge in [0.1, 0.15) is 0 Å². The summed E-state index contributed by atoms with van der Waals surface area (Å²) in [7, 11) is -3.39. The third kappa shape index (κ3) is 4.23. The Kier molecular flexibility index (Phi) is 5.16. The van der Waals surface area contributed by atoms with Gasteiger partial charge < -0.3 is 11.1 Å². The van der Waals surface area contributed by atoms with Crippen molar-refractivity contribution in [2.45, 2.75) is 38.1 Å². The van der Waals surface area contributed by atoms with Crippen LogP contribution >= 0.6 is 0 Å². The Hall–Kier alpha value is -1.56. The molecule has 1 rings (SSSR count). The molecule has 5 nitrogen and oxygen atoms in total. The Labute approximate surface area is 120 Å². The minimum Gasteiger partial charge on any atom is -0.399 e. The molecule has 0 heterocycles. The number of nitrogen functional groups attached to an aromatic ring is 1. The molecule has 112 valence electrons. The zero-order valence-corrected chi connectivity index (χ0v) is 13.1. The number of sulfone groups is 1. The molecule has 20 heavy (non-hydrogen) atoms. The van der Waals surface area contributed by atoms with Gasteiger partial charge in [0.2, 0.25) is 0 Å². The van der Waals surface area contributed by atoms with Crippen molar-refractivity contribution in [2.24, 2.45) is 5.92 Å². The minimum absolute atomic E-state index is 0.0469. The topological polar surface area (TPSA) is 89.3 Å². The van der Waals surface area contributed by atoms with E-state index in [9.17, 15) is 13.2 Å². The molecule has 0 aliphatic heterocycles. The van der Waals surface area contributed by atoms with Gasteiger partial charge in [-0.15, -0.1) is 0 Å². The molecular formula is C14H22N2O3S. The average Bonchev–Trinajstić information content (AvgIpc) is 2.33. The second kappa shape index (κ2) is 6.26. The van der Waals surface area contributed by atoms with Crippen LogP contribution in [0.1, 0.15) is 37.6 Å². The van der Waals surface area contributed by atoms with Crippen LogP contribution in [-0.4, -0.2) is 26.6 Å². The molecule has 3 N–H and O–H groups in total. The van der Waals surface area contributed by atoms with E-state index in [4.69, 9.17) is 5.73 Å². The Morgan fingerprint density at radius 2 is 1.90 bits per heavy atom. The van der Waals surface area contributed by atoms with E-state index in [1.807, 2.05) is 20.8 Å². The summed E-state index contributed by atoms with van der Waals surface area (Å²) < 4.78 is 23.1. The van der Waals surface area contributed by atoms with Gasteiger partial charge in [0.05, 0.1) is 4.90 Å². The predicted octanol–water partition coefficient (Wildman–Crippen LogP) is 1.84. The Morgan fingerprint density at radius 1 is 1.30 bits per heavy atom. The summed E-state index contributed by atoms with van der Waals surface area (Å²) in [5.74, 6) is 0.00198. The fourth-order valence-electron chi connectivity index (χ4n) is 1.96. The lowest BCUT2D eigenvalue weighted by atomic mass is 10.0. The van der Waals surface area contributed by atoms with Crippen molar-refractivity contribution in [2.75, 3.05) is 12.0 Å². The van der Waals surface area contributed by atoms with Gasteiger partial charge in [0.15, 0.2) is 9.84 Å². The van der Waals surface area contributed by atoms with Crippen LogP contribution in [0.3, 0.4) is 0 Å². The van der Waals surface area contributed by atoms with Crippen LogP contribution < -0.4 is 11.1 Å². The van der Waals surface area contributed by atoms with Gasteiger partial charge in [-0.1, -0.05) is 20.8 Å². The zero-order valence-electron chi connectivity index (χ0n) is 12.3. The lowest BCUT2D eigenvalue weighted by Crippen LogP contribution is -2.38. The van der Waals surface area contributed by atoms with Crippen molar-refractivity contribution < 1.29 is 13.2 Å². The van der Waals surface area contributed by atoms with E-state index in [0.717, 1.165) is 12.7 Å². The molecular weight excluding hydrogens is 276 g/mol.